The molecule has 0 aliphatic rings. The van der Waals surface area contributed by atoms with Crippen molar-refractivity contribution in [2.24, 2.45) is 5.92 Å². The van der Waals surface area contributed by atoms with E-state index in [9.17, 15) is 10.1 Å². The molecule has 18 heavy (non-hydrogen) atoms. The number of anilines is 1. The van der Waals surface area contributed by atoms with Crippen LogP contribution in [0.3, 0.4) is 0 Å². The zero-order chi connectivity index (χ0) is 13.7. The Labute approximate surface area is 112 Å². The Balaban J connectivity index is 2.82. The molecule has 0 aromatic carbocycles. The molecule has 0 radical (unpaired) electrons. The summed E-state index contributed by atoms with van der Waals surface area (Å²) in [5.41, 5.74) is -0.0459. The molecule has 6 heteroatoms. The van der Waals surface area contributed by atoms with Crippen molar-refractivity contribution < 1.29 is 4.92 Å². The summed E-state index contributed by atoms with van der Waals surface area (Å²) in [6, 6.07) is 2.90. The summed E-state index contributed by atoms with van der Waals surface area (Å²) >= 11 is 5.76. The van der Waals surface area contributed by atoms with Gasteiger partial charge in [0.05, 0.1) is 4.92 Å². The first-order valence-corrected chi connectivity index (χ1v) is 6.39. The maximum atomic E-state index is 10.9. The summed E-state index contributed by atoms with van der Waals surface area (Å²) in [6.07, 6.45) is 2.01. The molecule has 5 nitrogen and oxygen atoms in total. The lowest BCUT2D eigenvalue weighted by atomic mass is 10.0. The van der Waals surface area contributed by atoms with Gasteiger partial charge in [-0.25, -0.2) is 4.98 Å². The van der Waals surface area contributed by atoms with Crippen LogP contribution < -0.4 is 5.32 Å². The fourth-order valence-corrected chi connectivity index (χ4v) is 1.89. The molecule has 0 aliphatic heterocycles. The summed E-state index contributed by atoms with van der Waals surface area (Å²) in [4.78, 5) is 14.4. The third-order valence-electron chi connectivity index (χ3n) is 2.87. The number of aromatic nitrogens is 1. The zero-order valence-electron chi connectivity index (χ0n) is 10.8. The Morgan fingerprint density at radius 3 is 2.72 bits per heavy atom. The SMILES string of the molecule is CCC(C)CC(C)Nc1nc(Cl)ccc1[N+](=O)[O-]. The summed E-state index contributed by atoms with van der Waals surface area (Å²) in [7, 11) is 0. The van der Waals surface area contributed by atoms with E-state index < -0.39 is 4.92 Å². The van der Waals surface area contributed by atoms with Crippen LogP contribution >= 0.6 is 11.6 Å². The number of hydrogen-bond donors (Lipinski definition) is 1. The second kappa shape index (κ2) is 6.54. The fourth-order valence-electron chi connectivity index (χ4n) is 1.74. The third-order valence-corrected chi connectivity index (χ3v) is 3.08. The van der Waals surface area contributed by atoms with Gasteiger partial charge in [0, 0.05) is 12.1 Å². The number of nitrogens with one attached hydrogen (secondary N) is 1. The van der Waals surface area contributed by atoms with E-state index >= 15 is 0 Å². The lowest BCUT2D eigenvalue weighted by molar-refractivity contribution is -0.384. The van der Waals surface area contributed by atoms with Crippen LogP contribution in [0.25, 0.3) is 0 Å². The monoisotopic (exact) mass is 271 g/mol. The second-order valence-corrected chi connectivity index (χ2v) is 4.94. The van der Waals surface area contributed by atoms with Gasteiger partial charge in [-0.05, 0) is 25.3 Å². The Morgan fingerprint density at radius 2 is 2.17 bits per heavy atom. The van der Waals surface area contributed by atoms with Gasteiger partial charge in [0.25, 0.3) is 0 Å². The molecule has 0 saturated carbocycles. The first-order chi connectivity index (χ1) is 8.43. The zero-order valence-corrected chi connectivity index (χ0v) is 11.6. The molecular formula is C12H18ClN3O2. The predicted octanol–water partition coefficient (Wildman–Crippen LogP) is 3.88. The first kappa shape index (κ1) is 14.7. The van der Waals surface area contributed by atoms with Crippen molar-refractivity contribution in [1.82, 2.24) is 4.98 Å². The Morgan fingerprint density at radius 1 is 1.50 bits per heavy atom. The van der Waals surface area contributed by atoms with Crippen molar-refractivity contribution in [3.63, 3.8) is 0 Å². The van der Waals surface area contributed by atoms with Gasteiger partial charge in [-0.3, -0.25) is 10.1 Å². The van der Waals surface area contributed by atoms with E-state index in [4.69, 9.17) is 11.6 Å². The lowest BCUT2D eigenvalue weighted by Crippen LogP contribution is -2.19. The van der Waals surface area contributed by atoms with Crippen LogP contribution in [-0.4, -0.2) is 15.9 Å². The average molecular weight is 272 g/mol. The van der Waals surface area contributed by atoms with E-state index in [1.807, 2.05) is 6.92 Å². The number of nitrogens with zero attached hydrogens (tertiary/aromatic N) is 2. The van der Waals surface area contributed by atoms with Gasteiger partial charge in [-0.15, -0.1) is 0 Å². The van der Waals surface area contributed by atoms with Crippen molar-refractivity contribution in [2.45, 2.75) is 39.7 Å². The highest BCUT2D eigenvalue weighted by molar-refractivity contribution is 6.29. The Hall–Kier alpha value is -1.36. The third kappa shape index (κ3) is 4.14. The highest BCUT2D eigenvalue weighted by Gasteiger charge is 2.18. The molecule has 0 bridgehead atoms. The largest absolute Gasteiger partial charge is 0.362 e. The highest BCUT2D eigenvalue weighted by atomic mass is 35.5. The molecule has 0 saturated heterocycles. The molecule has 0 aliphatic carbocycles. The maximum Gasteiger partial charge on any atom is 0.311 e. The minimum atomic E-state index is -0.457. The molecule has 0 amide bonds. The van der Waals surface area contributed by atoms with Gasteiger partial charge in [0.2, 0.25) is 5.82 Å². The number of halogens is 1. The molecule has 1 N–H and O–H groups in total. The number of nitro groups is 1. The van der Waals surface area contributed by atoms with Crippen LogP contribution in [0.5, 0.6) is 0 Å². The van der Waals surface area contributed by atoms with Crippen molar-refractivity contribution >= 4 is 23.1 Å². The van der Waals surface area contributed by atoms with Crippen LogP contribution in [0.4, 0.5) is 11.5 Å². The molecule has 100 valence electrons. The topological polar surface area (TPSA) is 68.1 Å². The predicted molar refractivity (Wildman–Crippen MR) is 73.1 cm³/mol. The van der Waals surface area contributed by atoms with E-state index in [0.29, 0.717) is 5.92 Å². The van der Waals surface area contributed by atoms with Gasteiger partial charge in [-0.1, -0.05) is 31.9 Å². The van der Waals surface area contributed by atoms with E-state index in [1.54, 1.807) is 0 Å². The molecule has 1 rings (SSSR count). The summed E-state index contributed by atoms with van der Waals surface area (Å²) in [6.45, 7) is 6.26. The first-order valence-electron chi connectivity index (χ1n) is 6.01. The van der Waals surface area contributed by atoms with Crippen LogP contribution in [0, 0.1) is 16.0 Å². The van der Waals surface area contributed by atoms with E-state index in [0.717, 1.165) is 12.8 Å². The van der Waals surface area contributed by atoms with Crippen LogP contribution in [0.2, 0.25) is 5.15 Å². The molecular weight excluding hydrogens is 254 g/mol. The van der Waals surface area contributed by atoms with E-state index in [1.165, 1.54) is 12.1 Å². The van der Waals surface area contributed by atoms with Crippen molar-refractivity contribution in [3.8, 4) is 0 Å². The van der Waals surface area contributed by atoms with Crippen LogP contribution in [0.1, 0.15) is 33.6 Å². The minimum absolute atomic E-state index is 0.0459. The Bertz CT molecular complexity index is 426. The summed E-state index contributed by atoms with van der Waals surface area (Å²) < 4.78 is 0. The van der Waals surface area contributed by atoms with Gasteiger partial charge in [0.1, 0.15) is 5.15 Å². The number of hydrogen-bond acceptors (Lipinski definition) is 4. The molecule has 1 heterocycles. The molecule has 0 spiro atoms. The molecule has 1 aromatic heterocycles. The van der Waals surface area contributed by atoms with E-state index in [-0.39, 0.29) is 22.7 Å². The number of pyridine rings is 1. The standard InChI is InChI=1S/C12H18ClN3O2/c1-4-8(2)7-9(3)14-12-10(16(17)18)5-6-11(13)15-12/h5-6,8-9H,4,7H2,1-3H3,(H,14,15). The normalized spacial score (nSPS) is 14.0. The molecule has 2 unspecified atom stereocenters. The van der Waals surface area contributed by atoms with Crippen molar-refractivity contribution in [3.05, 3.63) is 27.4 Å². The van der Waals surface area contributed by atoms with Gasteiger partial charge in [-0.2, -0.15) is 0 Å². The molecule has 2 atom stereocenters. The lowest BCUT2D eigenvalue weighted by Gasteiger charge is -2.17. The summed E-state index contributed by atoms with van der Waals surface area (Å²) in [5, 5.41) is 14.2. The fraction of sp³-hybridized carbons (Fsp3) is 0.583. The van der Waals surface area contributed by atoms with Crippen LogP contribution in [-0.2, 0) is 0 Å². The van der Waals surface area contributed by atoms with Gasteiger partial charge in [0.15, 0.2) is 0 Å². The van der Waals surface area contributed by atoms with Crippen molar-refractivity contribution in [2.75, 3.05) is 5.32 Å². The highest BCUT2D eigenvalue weighted by Crippen LogP contribution is 2.25. The van der Waals surface area contributed by atoms with Gasteiger partial charge < -0.3 is 5.32 Å². The Kier molecular flexibility index (Phi) is 5.34. The average Bonchev–Trinajstić information content (AvgIpc) is 2.28. The molecule has 1 aromatic rings. The minimum Gasteiger partial charge on any atom is -0.362 e. The van der Waals surface area contributed by atoms with Crippen molar-refractivity contribution in [1.29, 1.82) is 0 Å². The van der Waals surface area contributed by atoms with E-state index in [2.05, 4.69) is 24.1 Å². The van der Waals surface area contributed by atoms with Crippen LogP contribution in [0.15, 0.2) is 12.1 Å². The molecule has 0 fully saturated rings. The van der Waals surface area contributed by atoms with Gasteiger partial charge >= 0.3 is 5.69 Å². The summed E-state index contributed by atoms with van der Waals surface area (Å²) in [5.74, 6) is 0.800. The second-order valence-electron chi connectivity index (χ2n) is 4.55. The quantitative estimate of drug-likeness (QED) is 0.484. The smallest absolute Gasteiger partial charge is 0.311 e. The number of rotatable bonds is 6. The maximum absolute atomic E-state index is 10.9.